The Kier molecular flexibility index (Phi) is 4.78. The maximum absolute atomic E-state index is 12.2. The van der Waals surface area contributed by atoms with Crippen molar-refractivity contribution in [3.63, 3.8) is 0 Å². The van der Waals surface area contributed by atoms with Crippen LogP contribution in [-0.2, 0) is 16.0 Å². The Balaban J connectivity index is 0.00000180. The number of Topliss-reactive ketones (excluding diaryl/α,β-unsaturated/α-hetero) is 2. The van der Waals surface area contributed by atoms with Crippen LogP contribution < -0.4 is 0 Å². The fourth-order valence-corrected chi connectivity index (χ4v) is 2.08. The molecule has 0 fully saturated rings. The molecule has 0 radical (unpaired) electrons. The van der Waals surface area contributed by atoms with Crippen LogP contribution in [0.2, 0.25) is 0 Å². The van der Waals surface area contributed by atoms with Crippen molar-refractivity contribution in [2.45, 2.75) is 27.2 Å². The highest BCUT2D eigenvalue weighted by atomic mass is 35.5. The molecule has 0 aromatic carbocycles. The van der Waals surface area contributed by atoms with E-state index in [1.54, 1.807) is 33.2 Å². The summed E-state index contributed by atoms with van der Waals surface area (Å²) in [5.74, 6) is -0.0422. The second kappa shape index (κ2) is 5.93. The molecular weight excluding hydrogens is 262 g/mol. The molecule has 1 aliphatic carbocycles. The summed E-state index contributed by atoms with van der Waals surface area (Å²) in [4.78, 5) is 28.2. The van der Waals surface area contributed by atoms with Gasteiger partial charge in [-0.05, 0) is 32.4 Å². The van der Waals surface area contributed by atoms with E-state index in [0.29, 0.717) is 28.7 Å². The number of halogens is 1. The Morgan fingerprint density at radius 3 is 2.21 bits per heavy atom. The van der Waals surface area contributed by atoms with E-state index >= 15 is 0 Å². The Bertz CT molecular complexity index is 585. The lowest BCUT2D eigenvalue weighted by atomic mass is 9.83. The summed E-state index contributed by atoms with van der Waals surface area (Å²) in [5, 5.41) is 0. The topological polar surface area (TPSA) is 47.0 Å². The Morgan fingerprint density at radius 1 is 1.00 bits per heavy atom. The maximum Gasteiger partial charge on any atom is 0.185 e. The van der Waals surface area contributed by atoms with E-state index in [4.69, 9.17) is 0 Å². The average molecular weight is 278 g/mol. The lowest BCUT2D eigenvalue weighted by molar-refractivity contribution is -0.116. The van der Waals surface area contributed by atoms with E-state index in [9.17, 15) is 9.59 Å². The van der Waals surface area contributed by atoms with Crippen molar-refractivity contribution < 1.29 is 9.59 Å². The quantitative estimate of drug-likeness (QED) is 0.781. The smallest absolute Gasteiger partial charge is 0.185 e. The van der Waals surface area contributed by atoms with Gasteiger partial charge in [-0.25, -0.2) is 0 Å². The van der Waals surface area contributed by atoms with Gasteiger partial charge in [-0.2, -0.15) is 0 Å². The molecule has 0 atom stereocenters. The van der Waals surface area contributed by atoms with Crippen LogP contribution >= 0.6 is 12.4 Å². The zero-order valence-electron chi connectivity index (χ0n) is 11.2. The third kappa shape index (κ3) is 2.82. The molecule has 0 unspecified atom stereocenters. The van der Waals surface area contributed by atoms with E-state index in [-0.39, 0.29) is 24.0 Å². The van der Waals surface area contributed by atoms with Gasteiger partial charge in [0, 0.05) is 41.1 Å². The van der Waals surface area contributed by atoms with Gasteiger partial charge in [-0.15, -0.1) is 12.4 Å². The fraction of sp³-hybridized carbons (Fsp3) is 0.267. The first kappa shape index (κ1) is 15.3. The molecule has 1 heterocycles. The molecule has 0 saturated heterocycles. The number of ketones is 2. The van der Waals surface area contributed by atoms with E-state index in [1.807, 2.05) is 12.1 Å². The summed E-state index contributed by atoms with van der Waals surface area (Å²) in [5.41, 5.74) is 3.22. The molecule has 2 rings (SSSR count). The van der Waals surface area contributed by atoms with Crippen molar-refractivity contribution in [2.75, 3.05) is 0 Å². The van der Waals surface area contributed by atoms with Crippen molar-refractivity contribution >= 4 is 24.0 Å². The zero-order chi connectivity index (χ0) is 13.3. The largest absolute Gasteiger partial charge is 0.289 e. The molecule has 0 N–H and O–H groups in total. The van der Waals surface area contributed by atoms with Gasteiger partial charge in [-0.1, -0.05) is 6.07 Å². The van der Waals surface area contributed by atoms with E-state index in [0.717, 1.165) is 5.56 Å². The van der Waals surface area contributed by atoms with E-state index in [2.05, 4.69) is 4.98 Å². The van der Waals surface area contributed by atoms with Crippen LogP contribution in [-0.4, -0.2) is 16.6 Å². The van der Waals surface area contributed by atoms with Crippen molar-refractivity contribution in [2.24, 2.45) is 0 Å². The van der Waals surface area contributed by atoms with Crippen molar-refractivity contribution in [1.82, 2.24) is 4.98 Å². The Morgan fingerprint density at radius 2 is 1.63 bits per heavy atom. The molecule has 3 nitrogen and oxygen atoms in total. The van der Waals surface area contributed by atoms with E-state index in [1.165, 1.54) is 0 Å². The number of allylic oxidation sites excluding steroid dienone is 4. The molecule has 0 spiro atoms. The lowest BCUT2D eigenvalue weighted by Crippen LogP contribution is -2.21. The van der Waals surface area contributed by atoms with Crippen molar-refractivity contribution in [3.05, 3.63) is 52.4 Å². The highest BCUT2D eigenvalue weighted by Crippen LogP contribution is 2.26. The minimum Gasteiger partial charge on any atom is -0.289 e. The molecule has 1 aromatic rings. The molecule has 0 aliphatic heterocycles. The number of rotatable bonds is 2. The van der Waals surface area contributed by atoms with Crippen LogP contribution in [0.3, 0.4) is 0 Å². The summed E-state index contributed by atoms with van der Waals surface area (Å²) >= 11 is 0. The number of carbonyl (C=O) groups excluding carboxylic acids is 2. The summed E-state index contributed by atoms with van der Waals surface area (Å²) in [6.07, 6.45) is 3.88. The first-order chi connectivity index (χ1) is 8.52. The van der Waals surface area contributed by atoms with Gasteiger partial charge in [-0.3, -0.25) is 14.6 Å². The lowest BCUT2D eigenvalue weighted by Gasteiger charge is -2.18. The van der Waals surface area contributed by atoms with Crippen LogP contribution in [0.15, 0.2) is 46.8 Å². The number of hydrogen-bond acceptors (Lipinski definition) is 3. The minimum atomic E-state index is -0.0222. The second-order valence-electron chi connectivity index (χ2n) is 4.55. The van der Waals surface area contributed by atoms with Crippen LogP contribution in [0.1, 0.15) is 26.3 Å². The van der Waals surface area contributed by atoms with Gasteiger partial charge >= 0.3 is 0 Å². The molecular formula is C15H16ClNO2. The number of aromatic nitrogens is 1. The SMILES string of the molecule is CC1=C(C)C(=O)C(Cc2cccnc2)=C(C)C1=O.Cl. The number of nitrogens with zero attached hydrogens (tertiary/aromatic N) is 1. The summed E-state index contributed by atoms with van der Waals surface area (Å²) in [6.45, 7) is 5.15. The molecule has 1 aliphatic rings. The molecule has 0 amide bonds. The van der Waals surface area contributed by atoms with Gasteiger partial charge in [0.25, 0.3) is 0 Å². The average Bonchev–Trinajstić information content (AvgIpc) is 2.40. The van der Waals surface area contributed by atoms with Crippen LogP contribution in [0.25, 0.3) is 0 Å². The van der Waals surface area contributed by atoms with E-state index < -0.39 is 0 Å². The summed E-state index contributed by atoms with van der Waals surface area (Å²) in [6, 6.07) is 3.74. The minimum absolute atomic E-state index is 0. The van der Waals surface area contributed by atoms with Crippen LogP contribution in [0.5, 0.6) is 0 Å². The standard InChI is InChI=1S/C15H15NO2.ClH/c1-9-10(2)15(18)13(11(3)14(9)17)7-12-5-4-6-16-8-12;/h4-6,8H,7H2,1-3H3;1H. The first-order valence-corrected chi connectivity index (χ1v) is 5.88. The predicted octanol–water partition coefficient (Wildman–Crippen LogP) is 2.85. The first-order valence-electron chi connectivity index (χ1n) is 5.88. The fourth-order valence-electron chi connectivity index (χ4n) is 2.08. The second-order valence-corrected chi connectivity index (χ2v) is 4.55. The number of pyridine rings is 1. The molecule has 0 bridgehead atoms. The van der Waals surface area contributed by atoms with Crippen molar-refractivity contribution in [3.8, 4) is 0 Å². The van der Waals surface area contributed by atoms with Gasteiger partial charge in [0.15, 0.2) is 11.6 Å². The van der Waals surface area contributed by atoms with Crippen LogP contribution in [0.4, 0.5) is 0 Å². The maximum atomic E-state index is 12.2. The number of carbonyl (C=O) groups is 2. The molecule has 1 aromatic heterocycles. The van der Waals surface area contributed by atoms with Crippen LogP contribution in [0, 0.1) is 0 Å². The third-order valence-corrected chi connectivity index (χ3v) is 3.41. The van der Waals surface area contributed by atoms with Gasteiger partial charge in [0.1, 0.15) is 0 Å². The summed E-state index contributed by atoms with van der Waals surface area (Å²) < 4.78 is 0. The highest BCUT2D eigenvalue weighted by Gasteiger charge is 2.27. The Labute approximate surface area is 118 Å². The highest BCUT2D eigenvalue weighted by molar-refractivity contribution is 6.24. The van der Waals surface area contributed by atoms with Gasteiger partial charge in [0.05, 0.1) is 0 Å². The van der Waals surface area contributed by atoms with Crippen molar-refractivity contribution in [1.29, 1.82) is 0 Å². The third-order valence-electron chi connectivity index (χ3n) is 3.41. The molecule has 0 saturated carbocycles. The van der Waals surface area contributed by atoms with Gasteiger partial charge in [0.2, 0.25) is 0 Å². The zero-order valence-corrected chi connectivity index (χ0v) is 12.0. The number of hydrogen-bond donors (Lipinski definition) is 0. The normalized spacial score (nSPS) is 15.7. The monoisotopic (exact) mass is 277 g/mol. The molecule has 4 heteroatoms. The predicted molar refractivity (Wildman–Crippen MR) is 76.3 cm³/mol. The molecule has 100 valence electrons. The van der Waals surface area contributed by atoms with Gasteiger partial charge < -0.3 is 0 Å². The Hall–Kier alpha value is -1.74. The molecule has 19 heavy (non-hydrogen) atoms. The summed E-state index contributed by atoms with van der Waals surface area (Å²) in [7, 11) is 0.